The second-order valence-electron chi connectivity index (χ2n) is 3.25. The molecule has 0 unspecified atom stereocenters. The zero-order valence-corrected chi connectivity index (χ0v) is 8.18. The van der Waals surface area contributed by atoms with Gasteiger partial charge in [-0.2, -0.15) is 0 Å². The van der Waals surface area contributed by atoms with Crippen LogP contribution >= 0.6 is 0 Å². The molecule has 0 aromatic carbocycles. The van der Waals surface area contributed by atoms with Crippen molar-refractivity contribution in [3.05, 3.63) is 53.0 Å². The summed E-state index contributed by atoms with van der Waals surface area (Å²) in [4.78, 5) is 15.8. The Balaban J connectivity index is 2.82. The number of pyridine rings is 2. The van der Waals surface area contributed by atoms with Gasteiger partial charge in [0.2, 0.25) is 0 Å². The number of allylic oxidation sites excluding steroid dienone is 1. The molecule has 4 heteroatoms. The van der Waals surface area contributed by atoms with Crippen molar-refractivity contribution in [2.75, 3.05) is 5.84 Å². The molecule has 0 amide bonds. The summed E-state index contributed by atoms with van der Waals surface area (Å²) in [6.45, 7) is 3.60. The van der Waals surface area contributed by atoms with Crippen LogP contribution in [0.5, 0.6) is 0 Å². The van der Waals surface area contributed by atoms with Crippen LogP contribution in [-0.2, 0) is 6.42 Å². The highest BCUT2D eigenvalue weighted by Gasteiger charge is 2.05. The van der Waals surface area contributed by atoms with Crippen LogP contribution in [-0.4, -0.2) is 9.66 Å². The van der Waals surface area contributed by atoms with E-state index < -0.39 is 0 Å². The van der Waals surface area contributed by atoms with E-state index in [-0.39, 0.29) is 5.56 Å². The standard InChI is InChI=1S/C11H11N3O/c1-2-4-9-7-8-5-3-6-13-10(8)14(12)11(9)15/h2-3,5-7H,1,4,12H2. The maximum Gasteiger partial charge on any atom is 0.274 e. The number of hydrogen-bond acceptors (Lipinski definition) is 3. The van der Waals surface area contributed by atoms with Crippen molar-refractivity contribution in [1.82, 2.24) is 9.66 Å². The molecule has 2 N–H and O–H groups in total. The Morgan fingerprint density at radius 2 is 2.40 bits per heavy atom. The second kappa shape index (κ2) is 3.57. The lowest BCUT2D eigenvalue weighted by molar-refractivity contribution is 0.936. The minimum absolute atomic E-state index is 0.221. The number of aromatic nitrogens is 2. The average molecular weight is 201 g/mol. The Kier molecular flexibility index (Phi) is 2.25. The molecule has 76 valence electrons. The van der Waals surface area contributed by atoms with Crippen molar-refractivity contribution in [2.45, 2.75) is 6.42 Å². The second-order valence-corrected chi connectivity index (χ2v) is 3.25. The van der Waals surface area contributed by atoms with Gasteiger partial charge in [0, 0.05) is 17.1 Å². The first-order valence-electron chi connectivity index (χ1n) is 4.59. The lowest BCUT2D eigenvalue weighted by Gasteiger charge is -2.05. The first-order chi connectivity index (χ1) is 7.24. The summed E-state index contributed by atoms with van der Waals surface area (Å²) >= 11 is 0. The Morgan fingerprint density at radius 3 is 3.13 bits per heavy atom. The Bertz CT molecular complexity index is 572. The van der Waals surface area contributed by atoms with Gasteiger partial charge in [-0.1, -0.05) is 6.08 Å². The molecule has 2 rings (SSSR count). The molecule has 0 bridgehead atoms. The molecule has 2 aromatic heterocycles. The van der Waals surface area contributed by atoms with E-state index in [1.807, 2.05) is 12.1 Å². The summed E-state index contributed by atoms with van der Waals surface area (Å²) in [7, 11) is 0. The van der Waals surface area contributed by atoms with Gasteiger partial charge in [0.25, 0.3) is 5.56 Å². The van der Waals surface area contributed by atoms with Crippen molar-refractivity contribution in [2.24, 2.45) is 0 Å². The molecule has 0 saturated carbocycles. The lowest BCUT2D eigenvalue weighted by atomic mass is 10.1. The maximum absolute atomic E-state index is 11.7. The summed E-state index contributed by atoms with van der Waals surface area (Å²) in [6, 6.07) is 5.48. The Morgan fingerprint density at radius 1 is 1.60 bits per heavy atom. The van der Waals surface area contributed by atoms with E-state index in [0.717, 1.165) is 10.1 Å². The molecule has 0 fully saturated rings. The molecule has 0 atom stereocenters. The van der Waals surface area contributed by atoms with Gasteiger partial charge in [-0.15, -0.1) is 6.58 Å². The van der Waals surface area contributed by atoms with E-state index in [2.05, 4.69) is 11.6 Å². The lowest BCUT2D eigenvalue weighted by Crippen LogP contribution is -2.30. The van der Waals surface area contributed by atoms with Crippen LogP contribution in [0.4, 0.5) is 0 Å². The van der Waals surface area contributed by atoms with Crippen molar-refractivity contribution in [3.8, 4) is 0 Å². The van der Waals surface area contributed by atoms with E-state index in [4.69, 9.17) is 5.84 Å². The fraction of sp³-hybridized carbons (Fsp3) is 0.0909. The predicted molar refractivity (Wildman–Crippen MR) is 60.1 cm³/mol. The number of fused-ring (bicyclic) bond motifs is 1. The summed E-state index contributed by atoms with van der Waals surface area (Å²) in [6.07, 6.45) is 3.80. The number of nitrogen functional groups attached to an aromatic ring is 1. The molecule has 15 heavy (non-hydrogen) atoms. The Hall–Kier alpha value is -2.10. The van der Waals surface area contributed by atoms with Crippen LogP contribution in [0.2, 0.25) is 0 Å². The summed E-state index contributed by atoms with van der Waals surface area (Å²) in [5.74, 6) is 5.66. The van der Waals surface area contributed by atoms with Crippen LogP contribution in [0, 0.1) is 0 Å². The third-order valence-electron chi connectivity index (χ3n) is 2.23. The van der Waals surface area contributed by atoms with Gasteiger partial charge < -0.3 is 5.84 Å². The third kappa shape index (κ3) is 1.50. The SMILES string of the molecule is C=CCc1cc2cccnc2n(N)c1=O. The molecule has 2 aromatic rings. The molecule has 2 heterocycles. The normalized spacial score (nSPS) is 10.4. The molecule has 0 radical (unpaired) electrons. The van der Waals surface area contributed by atoms with Gasteiger partial charge in [0.15, 0.2) is 5.65 Å². The van der Waals surface area contributed by atoms with Crippen LogP contribution < -0.4 is 11.4 Å². The van der Waals surface area contributed by atoms with Crippen LogP contribution in [0.3, 0.4) is 0 Å². The quantitative estimate of drug-likeness (QED) is 0.578. The molecule has 0 saturated heterocycles. The van der Waals surface area contributed by atoms with E-state index in [0.29, 0.717) is 17.6 Å². The average Bonchev–Trinajstić information content (AvgIpc) is 2.26. The van der Waals surface area contributed by atoms with Crippen molar-refractivity contribution < 1.29 is 0 Å². The van der Waals surface area contributed by atoms with Gasteiger partial charge in [-0.3, -0.25) is 4.79 Å². The van der Waals surface area contributed by atoms with Crippen LogP contribution in [0.25, 0.3) is 11.0 Å². The monoisotopic (exact) mass is 201 g/mol. The first-order valence-corrected chi connectivity index (χ1v) is 4.59. The largest absolute Gasteiger partial charge is 0.334 e. The van der Waals surface area contributed by atoms with E-state index in [1.165, 1.54) is 0 Å². The molecule has 4 nitrogen and oxygen atoms in total. The van der Waals surface area contributed by atoms with Gasteiger partial charge in [-0.05, 0) is 24.6 Å². The van der Waals surface area contributed by atoms with Gasteiger partial charge in [0.1, 0.15) is 0 Å². The maximum atomic E-state index is 11.7. The summed E-state index contributed by atoms with van der Waals surface area (Å²) < 4.78 is 1.08. The van der Waals surface area contributed by atoms with Gasteiger partial charge >= 0.3 is 0 Å². The predicted octanol–water partition coefficient (Wildman–Crippen LogP) is 0.839. The topological polar surface area (TPSA) is 60.9 Å². The van der Waals surface area contributed by atoms with Gasteiger partial charge in [-0.25, -0.2) is 9.66 Å². The zero-order chi connectivity index (χ0) is 10.8. The highest BCUT2D eigenvalue weighted by molar-refractivity contribution is 5.75. The summed E-state index contributed by atoms with van der Waals surface area (Å²) in [5.41, 5.74) is 0.907. The van der Waals surface area contributed by atoms with Crippen LogP contribution in [0.15, 0.2) is 41.8 Å². The number of nitrogens with two attached hydrogens (primary N) is 1. The number of rotatable bonds is 2. The van der Waals surface area contributed by atoms with Gasteiger partial charge in [0.05, 0.1) is 0 Å². The minimum Gasteiger partial charge on any atom is -0.334 e. The minimum atomic E-state index is -0.221. The van der Waals surface area contributed by atoms with Crippen molar-refractivity contribution in [3.63, 3.8) is 0 Å². The molecule has 0 aliphatic carbocycles. The molecule has 0 aliphatic heterocycles. The highest BCUT2D eigenvalue weighted by atomic mass is 16.1. The summed E-state index contributed by atoms with van der Waals surface area (Å²) in [5, 5.41) is 0.858. The fourth-order valence-electron chi connectivity index (χ4n) is 1.53. The van der Waals surface area contributed by atoms with Crippen molar-refractivity contribution >= 4 is 11.0 Å². The molecular weight excluding hydrogens is 190 g/mol. The molecule has 0 spiro atoms. The Labute approximate surface area is 86.6 Å². The highest BCUT2D eigenvalue weighted by Crippen LogP contribution is 2.09. The van der Waals surface area contributed by atoms with E-state index >= 15 is 0 Å². The van der Waals surface area contributed by atoms with Crippen molar-refractivity contribution in [1.29, 1.82) is 0 Å². The number of hydrogen-bond donors (Lipinski definition) is 1. The smallest absolute Gasteiger partial charge is 0.274 e. The molecule has 0 aliphatic rings. The van der Waals surface area contributed by atoms with E-state index in [9.17, 15) is 4.79 Å². The van der Waals surface area contributed by atoms with E-state index in [1.54, 1.807) is 18.3 Å². The zero-order valence-electron chi connectivity index (χ0n) is 8.18. The molecular formula is C11H11N3O. The van der Waals surface area contributed by atoms with Crippen LogP contribution in [0.1, 0.15) is 5.56 Å². The first kappa shape index (κ1) is 9.45. The number of nitrogens with zero attached hydrogens (tertiary/aromatic N) is 2. The third-order valence-corrected chi connectivity index (χ3v) is 2.23. The fourth-order valence-corrected chi connectivity index (χ4v) is 1.53.